The average molecular weight is 903 g/mol. The molecule has 64 heavy (non-hydrogen) atoms. The summed E-state index contributed by atoms with van der Waals surface area (Å²) in [6.45, 7) is 26.8. The largest absolute Gasteiger partial charge is 1.00 e. The molecule has 0 spiro atoms. The first-order valence-corrected chi connectivity index (χ1v) is 20.9. The van der Waals surface area contributed by atoms with Gasteiger partial charge in [0.05, 0.1) is 12.7 Å². The van der Waals surface area contributed by atoms with Crippen molar-refractivity contribution in [2.75, 3.05) is 44.6 Å². The summed E-state index contributed by atoms with van der Waals surface area (Å²) in [6.07, 6.45) is 7.91. The van der Waals surface area contributed by atoms with Crippen molar-refractivity contribution in [3.8, 4) is 23.0 Å². The third kappa shape index (κ3) is 30.5. The monoisotopic (exact) mass is 902 g/mol. The number of benzene rings is 4. The summed E-state index contributed by atoms with van der Waals surface area (Å²) in [4.78, 5) is 24.4. The second kappa shape index (κ2) is 32.1. The number of ether oxygens (including phenoxy) is 5. The Bertz CT molecular complexity index is 2010. The van der Waals surface area contributed by atoms with Crippen LogP contribution in [0.2, 0.25) is 0 Å². The molecule has 0 bridgehead atoms. The molecule has 0 fully saturated rings. The van der Waals surface area contributed by atoms with Gasteiger partial charge < -0.3 is 39.8 Å². The number of nitrogens with one attached hydrogen (secondary N) is 1. The first-order chi connectivity index (χ1) is 29.5. The maximum atomic E-state index is 12.7. The fourth-order valence-electron chi connectivity index (χ4n) is 4.47. The van der Waals surface area contributed by atoms with Crippen molar-refractivity contribution in [1.29, 1.82) is 0 Å². The van der Waals surface area contributed by atoms with Crippen LogP contribution in [0.15, 0.2) is 132 Å². The zero-order chi connectivity index (χ0) is 47.5. The molecule has 4 rings (SSSR count). The quantitative estimate of drug-likeness (QED) is 0.0518. The number of carbonyl (C=O) groups excluding carboxylic acids is 2. The van der Waals surface area contributed by atoms with Crippen molar-refractivity contribution in [3.05, 3.63) is 154 Å². The number of amides is 1. The molecule has 1 amide bonds. The number of anilines is 2. The number of allylic oxidation sites excluding steroid dienone is 4. The zero-order valence-corrected chi connectivity index (χ0v) is 44.2. The fraction of sp³-hybridized carbons (Fsp3) is 0.358. The SMILES string of the molecule is CC(C)(C)[O-].CC(C)=CCOc1cc(OCC=C(C)C)cc(C(=O)Nc2ccc(C)cc2)c1.COC(=O)c1cc(OCC=C(C)C)cc(OCC=C(C)C)c1.Cc1ccc(N)cc1.[K+]. The van der Waals surface area contributed by atoms with Gasteiger partial charge >= 0.3 is 57.4 Å². The number of aryl methyl sites for hydroxylation is 2. The van der Waals surface area contributed by atoms with Gasteiger partial charge in [-0.25, -0.2) is 4.79 Å². The normalized spacial score (nSPS) is 9.80. The Balaban J connectivity index is 0.000000970. The van der Waals surface area contributed by atoms with E-state index in [2.05, 4.69) is 5.32 Å². The van der Waals surface area contributed by atoms with Gasteiger partial charge in [0.25, 0.3) is 5.91 Å². The van der Waals surface area contributed by atoms with Crippen molar-refractivity contribution < 1.29 is 89.8 Å². The Kier molecular flexibility index (Phi) is 29.8. The molecule has 4 aromatic rings. The van der Waals surface area contributed by atoms with Crippen LogP contribution in [-0.4, -0.2) is 51.0 Å². The van der Waals surface area contributed by atoms with Crippen molar-refractivity contribution in [2.45, 2.75) is 95.6 Å². The van der Waals surface area contributed by atoms with Crippen LogP contribution in [-0.2, 0) is 4.74 Å². The molecule has 3 N–H and O–H groups in total. The molecule has 0 atom stereocenters. The summed E-state index contributed by atoms with van der Waals surface area (Å²) < 4.78 is 27.6. The Morgan fingerprint density at radius 3 is 1.14 bits per heavy atom. The first kappa shape index (κ1) is 59.4. The summed E-state index contributed by atoms with van der Waals surface area (Å²) in [5.41, 5.74) is 14.2. The molecule has 4 aromatic carbocycles. The molecule has 0 saturated heterocycles. The number of esters is 1. The number of rotatable bonds is 15. The van der Waals surface area contributed by atoms with Crippen molar-refractivity contribution in [3.63, 3.8) is 0 Å². The second-order valence-corrected chi connectivity index (χ2v) is 16.6. The third-order valence-electron chi connectivity index (χ3n) is 7.80. The van der Waals surface area contributed by atoms with Crippen LogP contribution in [0, 0.1) is 13.8 Å². The summed E-state index contributed by atoms with van der Waals surface area (Å²) in [5.74, 6) is 1.73. The van der Waals surface area contributed by atoms with Gasteiger partial charge in [-0.3, -0.25) is 4.79 Å². The van der Waals surface area contributed by atoms with E-state index < -0.39 is 11.6 Å². The number of nitrogen functional groups attached to an aromatic ring is 1. The van der Waals surface area contributed by atoms with Crippen molar-refractivity contribution in [2.24, 2.45) is 0 Å². The first-order valence-electron chi connectivity index (χ1n) is 20.9. The van der Waals surface area contributed by atoms with Gasteiger partial charge in [-0.15, -0.1) is 5.60 Å². The van der Waals surface area contributed by atoms with E-state index in [4.69, 9.17) is 29.4 Å². The van der Waals surface area contributed by atoms with E-state index in [1.807, 2.05) is 142 Å². The Morgan fingerprint density at radius 2 is 0.859 bits per heavy atom. The van der Waals surface area contributed by atoms with Crippen LogP contribution in [0.5, 0.6) is 23.0 Å². The number of hydrogen-bond acceptors (Lipinski definition) is 9. The third-order valence-corrected chi connectivity index (χ3v) is 7.80. The average Bonchev–Trinajstić information content (AvgIpc) is 3.19. The molecule has 0 aromatic heterocycles. The molecule has 0 aliphatic heterocycles. The Morgan fingerprint density at radius 1 is 0.562 bits per heavy atom. The molecule has 0 radical (unpaired) electrons. The topological polar surface area (TPSA) is 141 Å². The standard InChI is InChI=1S/C24H29NO3.C18H24O4.C7H9N.C4H9O.K/c1-17(2)10-12-27-22-14-20(15-23(16-22)28-13-11-18(3)4)24(26)25-21-8-6-19(5)7-9-21;1-13(2)6-8-21-16-10-15(18(19)20-5)11-17(12-16)22-9-7-14(3)4;1-6-2-4-7(8)5-3-6;1-4(2,3)5;/h6-11,14-16H,12-13H2,1-5H3,(H,25,26);6-7,10-12H,8-9H2,1-5H3;2-5H,8H2,1H3;1-3H3;/q;;;-1;+1. The predicted octanol–water partition coefficient (Wildman–Crippen LogP) is 8.83. The molecule has 0 aliphatic carbocycles. The smallest absolute Gasteiger partial charge is 0.850 e. The van der Waals surface area contributed by atoms with Crippen LogP contribution in [0.25, 0.3) is 0 Å². The van der Waals surface area contributed by atoms with E-state index >= 15 is 0 Å². The minimum atomic E-state index is -0.750. The summed E-state index contributed by atoms with van der Waals surface area (Å²) in [6, 6.07) is 25.8. The van der Waals surface area contributed by atoms with Gasteiger partial charge in [0.1, 0.15) is 49.4 Å². The van der Waals surface area contributed by atoms with Gasteiger partial charge in [0, 0.05) is 29.1 Å². The van der Waals surface area contributed by atoms with Gasteiger partial charge in [-0.1, -0.05) is 78.5 Å². The molecule has 0 aliphatic rings. The minimum absolute atomic E-state index is 0. The van der Waals surface area contributed by atoms with E-state index in [0.29, 0.717) is 60.6 Å². The molecule has 11 heteroatoms. The van der Waals surface area contributed by atoms with E-state index in [0.717, 1.165) is 16.9 Å². The number of carbonyl (C=O) groups is 2. The van der Waals surface area contributed by atoms with Gasteiger partial charge in [-0.2, -0.15) is 0 Å². The van der Waals surface area contributed by atoms with E-state index in [-0.39, 0.29) is 57.3 Å². The van der Waals surface area contributed by atoms with Gasteiger partial charge in [0.2, 0.25) is 0 Å². The van der Waals surface area contributed by atoms with Gasteiger partial charge in [-0.05, 0) is 142 Å². The molecule has 0 unspecified atom stereocenters. The molecule has 0 saturated carbocycles. The number of hydrogen-bond donors (Lipinski definition) is 2. The predicted molar refractivity (Wildman–Crippen MR) is 258 cm³/mol. The van der Waals surface area contributed by atoms with E-state index in [9.17, 15) is 14.7 Å². The van der Waals surface area contributed by atoms with E-state index in [1.165, 1.54) is 35.0 Å². The minimum Gasteiger partial charge on any atom is -0.850 e. The Hall–Kier alpha value is -4.62. The zero-order valence-electron chi connectivity index (χ0n) is 41.1. The number of methoxy groups -OCH3 is 1. The molecule has 0 heterocycles. The van der Waals surface area contributed by atoms with Gasteiger partial charge in [0.15, 0.2) is 0 Å². The summed E-state index contributed by atoms with van der Waals surface area (Å²) >= 11 is 0. The number of nitrogens with two attached hydrogens (primary N) is 1. The molecule has 342 valence electrons. The van der Waals surface area contributed by atoms with Crippen LogP contribution < -0.4 is 86.5 Å². The maximum absolute atomic E-state index is 12.7. The summed E-state index contributed by atoms with van der Waals surface area (Å²) in [7, 11) is 1.35. The van der Waals surface area contributed by atoms with Crippen LogP contribution in [0.1, 0.15) is 108 Å². The molecule has 10 nitrogen and oxygen atoms in total. The summed E-state index contributed by atoms with van der Waals surface area (Å²) in [5, 5.41) is 13.0. The van der Waals surface area contributed by atoms with Crippen molar-refractivity contribution in [1.82, 2.24) is 0 Å². The van der Waals surface area contributed by atoms with Crippen LogP contribution in [0.3, 0.4) is 0 Å². The molecular formula is C53H71KN2O8. The maximum Gasteiger partial charge on any atom is 1.00 e. The fourth-order valence-corrected chi connectivity index (χ4v) is 4.47. The van der Waals surface area contributed by atoms with Crippen molar-refractivity contribution >= 4 is 23.3 Å². The van der Waals surface area contributed by atoms with E-state index in [1.54, 1.807) is 57.2 Å². The second-order valence-electron chi connectivity index (χ2n) is 16.6. The van der Waals surface area contributed by atoms with Crippen LogP contribution in [0.4, 0.5) is 11.4 Å². The van der Waals surface area contributed by atoms with Crippen LogP contribution >= 0.6 is 0 Å². The Labute approximate surface area is 426 Å². The molecular weight excluding hydrogens is 832 g/mol.